The Bertz CT molecular complexity index is 478. The van der Waals surface area contributed by atoms with Crippen molar-refractivity contribution in [3.05, 3.63) is 22.7 Å². The van der Waals surface area contributed by atoms with E-state index in [2.05, 4.69) is 10.3 Å². The predicted molar refractivity (Wildman–Crippen MR) is 81.0 cm³/mol. The Morgan fingerprint density at radius 3 is 2.58 bits per heavy atom. The number of nitrogens with zero attached hydrogens (tertiary/aromatic N) is 2. The number of hydrogen-bond acceptors (Lipinski definition) is 5. The van der Waals surface area contributed by atoms with Crippen molar-refractivity contribution < 1.29 is 5.11 Å². The third-order valence-corrected chi connectivity index (χ3v) is 3.57. The molecule has 108 valence electrons. The van der Waals surface area contributed by atoms with Gasteiger partial charge in [-0.2, -0.15) is 11.8 Å². The summed E-state index contributed by atoms with van der Waals surface area (Å²) < 4.78 is 1.63. The van der Waals surface area contributed by atoms with E-state index in [-0.39, 0.29) is 16.9 Å². The van der Waals surface area contributed by atoms with Crippen molar-refractivity contribution in [3.8, 4) is 0 Å². The van der Waals surface area contributed by atoms with Gasteiger partial charge in [-0.05, 0) is 34.0 Å². The molecule has 0 aliphatic heterocycles. The van der Waals surface area contributed by atoms with E-state index in [0.717, 1.165) is 0 Å². The molecule has 0 spiro atoms. The highest BCUT2D eigenvalue weighted by Crippen LogP contribution is 2.13. The first-order chi connectivity index (χ1) is 8.67. The first-order valence-corrected chi connectivity index (χ1v) is 7.60. The molecule has 1 atom stereocenters. The number of nitrogens with one attached hydrogen (secondary N) is 1. The first kappa shape index (κ1) is 16.0. The molecule has 0 saturated heterocycles. The lowest BCUT2D eigenvalue weighted by atomic mass is 10.1. The van der Waals surface area contributed by atoms with Crippen molar-refractivity contribution in [2.75, 3.05) is 23.9 Å². The monoisotopic (exact) mass is 285 g/mol. The minimum atomic E-state index is -0.865. The zero-order valence-electron chi connectivity index (χ0n) is 12.2. The average molecular weight is 285 g/mol. The SMILES string of the molecule is CSCC(C)(O)CNc1nccn(C(C)(C)C)c1=O. The molecule has 1 rings (SSSR count). The van der Waals surface area contributed by atoms with E-state index in [1.165, 1.54) is 0 Å². The number of aliphatic hydroxyl groups is 1. The van der Waals surface area contributed by atoms with E-state index in [1.807, 2.05) is 27.0 Å². The van der Waals surface area contributed by atoms with Gasteiger partial charge in [0.2, 0.25) is 0 Å². The van der Waals surface area contributed by atoms with E-state index in [9.17, 15) is 9.90 Å². The highest BCUT2D eigenvalue weighted by molar-refractivity contribution is 7.98. The summed E-state index contributed by atoms with van der Waals surface area (Å²) in [6.45, 7) is 7.91. The van der Waals surface area contributed by atoms with Crippen LogP contribution in [0.2, 0.25) is 0 Å². The standard InChI is InChI=1S/C13H23N3O2S/c1-12(2,3)16-7-6-14-10(11(16)17)15-8-13(4,18)9-19-5/h6-7,18H,8-9H2,1-5H3,(H,14,15). The van der Waals surface area contributed by atoms with Crippen molar-refractivity contribution in [3.63, 3.8) is 0 Å². The van der Waals surface area contributed by atoms with Crippen molar-refractivity contribution in [1.82, 2.24) is 9.55 Å². The van der Waals surface area contributed by atoms with E-state index in [4.69, 9.17) is 0 Å². The molecule has 1 heterocycles. The molecule has 0 aromatic carbocycles. The van der Waals surface area contributed by atoms with Crippen LogP contribution in [0.15, 0.2) is 17.2 Å². The van der Waals surface area contributed by atoms with E-state index >= 15 is 0 Å². The maximum atomic E-state index is 12.2. The van der Waals surface area contributed by atoms with Gasteiger partial charge in [0, 0.05) is 30.2 Å². The fraction of sp³-hybridized carbons (Fsp3) is 0.692. The lowest BCUT2D eigenvalue weighted by molar-refractivity contribution is 0.0996. The van der Waals surface area contributed by atoms with E-state index < -0.39 is 5.60 Å². The second-order valence-corrected chi connectivity index (χ2v) is 6.77. The summed E-state index contributed by atoms with van der Waals surface area (Å²) in [7, 11) is 0. The molecule has 0 amide bonds. The first-order valence-electron chi connectivity index (χ1n) is 6.21. The molecular formula is C13H23N3O2S. The van der Waals surface area contributed by atoms with Crippen LogP contribution >= 0.6 is 11.8 Å². The quantitative estimate of drug-likeness (QED) is 0.858. The maximum absolute atomic E-state index is 12.2. The Hall–Kier alpha value is -1.01. The van der Waals surface area contributed by atoms with Gasteiger partial charge in [-0.3, -0.25) is 4.79 Å². The van der Waals surface area contributed by atoms with Gasteiger partial charge >= 0.3 is 0 Å². The normalized spacial score (nSPS) is 15.1. The minimum Gasteiger partial charge on any atom is -0.387 e. The maximum Gasteiger partial charge on any atom is 0.293 e. The summed E-state index contributed by atoms with van der Waals surface area (Å²) >= 11 is 1.56. The molecule has 0 saturated carbocycles. The number of anilines is 1. The summed E-state index contributed by atoms with van der Waals surface area (Å²) in [5, 5.41) is 13.0. The molecule has 1 aromatic heterocycles. The largest absolute Gasteiger partial charge is 0.387 e. The van der Waals surface area contributed by atoms with Crippen LogP contribution in [-0.4, -0.2) is 38.8 Å². The molecule has 2 N–H and O–H groups in total. The van der Waals surface area contributed by atoms with Crippen LogP contribution in [0.25, 0.3) is 0 Å². The summed E-state index contributed by atoms with van der Waals surface area (Å²) in [6, 6.07) is 0. The number of rotatable bonds is 5. The van der Waals surface area contributed by atoms with Gasteiger partial charge in [0.05, 0.1) is 5.60 Å². The molecule has 0 radical (unpaired) electrons. The smallest absolute Gasteiger partial charge is 0.293 e. The summed E-state index contributed by atoms with van der Waals surface area (Å²) in [6.07, 6.45) is 5.20. The predicted octanol–water partition coefficient (Wildman–Crippen LogP) is 1.52. The molecule has 0 aliphatic carbocycles. The van der Waals surface area contributed by atoms with Crippen molar-refractivity contribution in [2.24, 2.45) is 0 Å². The Balaban J connectivity index is 2.90. The molecule has 0 bridgehead atoms. The second-order valence-electron chi connectivity index (χ2n) is 5.91. The highest BCUT2D eigenvalue weighted by Gasteiger charge is 2.21. The van der Waals surface area contributed by atoms with Crippen molar-refractivity contribution >= 4 is 17.6 Å². The topological polar surface area (TPSA) is 67.2 Å². The zero-order chi connectivity index (χ0) is 14.7. The zero-order valence-corrected chi connectivity index (χ0v) is 13.0. The number of aromatic nitrogens is 2. The molecule has 0 aliphatic rings. The molecule has 0 fully saturated rings. The molecule has 1 aromatic rings. The van der Waals surface area contributed by atoms with Gasteiger partial charge in [0.15, 0.2) is 5.82 Å². The van der Waals surface area contributed by atoms with Crippen molar-refractivity contribution in [1.29, 1.82) is 0 Å². The van der Waals surface area contributed by atoms with Crippen LogP contribution in [0.1, 0.15) is 27.7 Å². The Morgan fingerprint density at radius 1 is 1.42 bits per heavy atom. The van der Waals surface area contributed by atoms with Gasteiger partial charge in [-0.1, -0.05) is 0 Å². The molecule has 6 heteroatoms. The Morgan fingerprint density at radius 2 is 2.05 bits per heavy atom. The molecule has 1 unspecified atom stereocenters. The third-order valence-electron chi connectivity index (χ3n) is 2.66. The van der Waals surface area contributed by atoms with Gasteiger partial charge < -0.3 is 15.0 Å². The third kappa shape index (κ3) is 4.54. The van der Waals surface area contributed by atoms with Crippen LogP contribution in [0.5, 0.6) is 0 Å². The summed E-state index contributed by atoms with van der Waals surface area (Å²) in [4.78, 5) is 16.3. The Kier molecular flexibility index (Phi) is 5.04. The Labute approximate surface area is 118 Å². The van der Waals surface area contributed by atoms with Crippen LogP contribution in [0.3, 0.4) is 0 Å². The second kappa shape index (κ2) is 5.96. The van der Waals surface area contributed by atoms with Crippen LogP contribution in [-0.2, 0) is 5.54 Å². The lowest BCUT2D eigenvalue weighted by Crippen LogP contribution is -2.40. The number of hydrogen-bond donors (Lipinski definition) is 2. The summed E-state index contributed by atoms with van der Waals surface area (Å²) in [5.41, 5.74) is -1.33. The fourth-order valence-corrected chi connectivity index (χ4v) is 2.42. The van der Waals surface area contributed by atoms with E-state index in [0.29, 0.717) is 12.3 Å². The van der Waals surface area contributed by atoms with Crippen LogP contribution in [0, 0.1) is 0 Å². The fourth-order valence-electron chi connectivity index (χ4n) is 1.70. The van der Waals surface area contributed by atoms with Crippen molar-refractivity contribution in [2.45, 2.75) is 38.8 Å². The molecule has 19 heavy (non-hydrogen) atoms. The van der Waals surface area contributed by atoms with Gasteiger partial charge in [0.25, 0.3) is 5.56 Å². The molecular weight excluding hydrogens is 262 g/mol. The van der Waals surface area contributed by atoms with Crippen LogP contribution < -0.4 is 10.9 Å². The van der Waals surface area contributed by atoms with Gasteiger partial charge in [0.1, 0.15) is 0 Å². The van der Waals surface area contributed by atoms with E-state index in [1.54, 1.807) is 35.6 Å². The highest BCUT2D eigenvalue weighted by atomic mass is 32.2. The van der Waals surface area contributed by atoms with Crippen LogP contribution in [0.4, 0.5) is 5.82 Å². The average Bonchev–Trinajstić information content (AvgIpc) is 2.26. The minimum absolute atomic E-state index is 0.171. The van der Waals surface area contributed by atoms with Gasteiger partial charge in [-0.15, -0.1) is 0 Å². The summed E-state index contributed by atoms with van der Waals surface area (Å²) in [5.74, 6) is 0.874. The van der Waals surface area contributed by atoms with Gasteiger partial charge in [-0.25, -0.2) is 4.98 Å². The number of thioether (sulfide) groups is 1. The lowest BCUT2D eigenvalue weighted by Gasteiger charge is -2.25. The molecule has 5 nitrogen and oxygen atoms in total.